The number of ether oxygens (including phenoxy) is 4. The lowest BCUT2D eigenvalue weighted by Crippen LogP contribution is -2.51. The molecule has 0 unspecified atom stereocenters. The minimum Gasteiger partial charge on any atom is -0.481 e. The molecule has 2 aliphatic heterocycles. The molecule has 0 radical (unpaired) electrons. The summed E-state index contributed by atoms with van der Waals surface area (Å²) < 4.78 is 24.4. The van der Waals surface area contributed by atoms with Gasteiger partial charge in [0.2, 0.25) is 5.88 Å². The van der Waals surface area contributed by atoms with Crippen molar-refractivity contribution in [3.63, 3.8) is 0 Å². The number of rotatable bonds is 9. The second-order valence-corrected chi connectivity index (χ2v) is 12.8. The Morgan fingerprint density at radius 1 is 1.02 bits per heavy atom. The molecule has 236 valence electrons. The Balaban J connectivity index is 1.65. The van der Waals surface area contributed by atoms with Crippen molar-refractivity contribution in [2.24, 2.45) is 11.3 Å². The molecule has 0 aliphatic carbocycles. The van der Waals surface area contributed by atoms with E-state index in [2.05, 4.69) is 39.8 Å². The summed E-state index contributed by atoms with van der Waals surface area (Å²) in [5, 5.41) is 0.981. The van der Waals surface area contributed by atoms with Gasteiger partial charge in [-0.05, 0) is 61.3 Å². The lowest BCUT2D eigenvalue weighted by molar-refractivity contribution is -0.162. The minimum absolute atomic E-state index is 0.177. The van der Waals surface area contributed by atoms with Crippen molar-refractivity contribution in [1.82, 2.24) is 9.88 Å². The van der Waals surface area contributed by atoms with E-state index in [1.54, 1.807) is 18.9 Å². The molecule has 2 fully saturated rings. The van der Waals surface area contributed by atoms with Crippen LogP contribution in [-0.2, 0) is 36.8 Å². The van der Waals surface area contributed by atoms with E-state index in [0.717, 1.165) is 46.9 Å². The van der Waals surface area contributed by atoms with Gasteiger partial charge in [-0.1, -0.05) is 70.2 Å². The molecule has 1 amide bonds. The van der Waals surface area contributed by atoms with Crippen molar-refractivity contribution >= 4 is 22.8 Å². The van der Waals surface area contributed by atoms with Crippen LogP contribution in [0.2, 0.25) is 0 Å². The molecule has 5 atom stereocenters. The van der Waals surface area contributed by atoms with Gasteiger partial charge in [0, 0.05) is 23.5 Å². The molecule has 2 aromatic carbocycles. The number of pyridine rings is 1. The second-order valence-electron chi connectivity index (χ2n) is 12.8. The summed E-state index contributed by atoms with van der Waals surface area (Å²) in [5.41, 5.74) is 3.30. The van der Waals surface area contributed by atoms with Crippen molar-refractivity contribution in [3.8, 4) is 5.88 Å². The average Bonchev–Trinajstić information content (AvgIpc) is 3.39. The van der Waals surface area contributed by atoms with Crippen LogP contribution < -0.4 is 4.74 Å². The zero-order valence-corrected chi connectivity index (χ0v) is 26.9. The quantitative estimate of drug-likeness (QED) is 0.261. The summed E-state index contributed by atoms with van der Waals surface area (Å²) in [6.07, 6.45) is 2.08. The highest BCUT2D eigenvalue weighted by atomic mass is 16.5. The minimum atomic E-state index is -0.843. The molecule has 0 bridgehead atoms. The van der Waals surface area contributed by atoms with Crippen molar-refractivity contribution in [2.75, 3.05) is 20.3 Å². The fourth-order valence-corrected chi connectivity index (χ4v) is 6.99. The Bertz CT molecular complexity index is 1460. The van der Waals surface area contributed by atoms with Crippen LogP contribution in [0.4, 0.5) is 0 Å². The van der Waals surface area contributed by atoms with E-state index in [-0.39, 0.29) is 25.0 Å². The van der Waals surface area contributed by atoms with E-state index in [1.807, 2.05) is 42.5 Å². The van der Waals surface area contributed by atoms with Gasteiger partial charge >= 0.3 is 5.97 Å². The third-order valence-electron chi connectivity index (χ3n) is 8.98. The number of esters is 1. The zero-order chi connectivity index (χ0) is 31.4. The molecule has 3 heterocycles. The normalized spacial score (nSPS) is 24.0. The summed E-state index contributed by atoms with van der Waals surface area (Å²) in [7, 11) is 1.61. The van der Waals surface area contributed by atoms with Crippen LogP contribution in [0.25, 0.3) is 10.9 Å². The van der Waals surface area contributed by atoms with Gasteiger partial charge in [-0.2, -0.15) is 0 Å². The first-order valence-electron chi connectivity index (χ1n) is 15.9. The monoisotopic (exact) mass is 602 g/mol. The standard InChI is InChI=1S/C36H46N2O6/c1-7-23-15-9-11-17-26(23)30-32(44-22-25-21-24-16-10-12-18-27(24)37-33(25)41-6)29(36(3,4)5)31(35(40)42-8-2)38(30)34(39)28-19-13-14-20-43-28/h9-12,15-18,21,28-32H,7-8,13-14,19-20,22H2,1-6H3/t28-,29+,30-,31-,32-/m0/s1. The maximum absolute atomic E-state index is 14.5. The van der Waals surface area contributed by atoms with Gasteiger partial charge in [0.05, 0.1) is 38.0 Å². The first kappa shape index (κ1) is 31.9. The Morgan fingerprint density at radius 3 is 2.45 bits per heavy atom. The van der Waals surface area contributed by atoms with E-state index in [0.29, 0.717) is 18.9 Å². The summed E-state index contributed by atoms with van der Waals surface area (Å²) >= 11 is 0. The highest BCUT2D eigenvalue weighted by Crippen LogP contribution is 2.51. The van der Waals surface area contributed by atoms with Crippen LogP contribution in [0.15, 0.2) is 54.6 Å². The van der Waals surface area contributed by atoms with Gasteiger partial charge in [0.15, 0.2) is 0 Å². The third-order valence-corrected chi connectivity index (χ3v) is 8.98. The Labute approximate surface area is 261 Å². The van der Waals surface area contributed by atoms with E-state index < -0.39 is 35.7 Å². The molecular weight excluding hydrogens is 556 g/mol. The molecule has 2 saturated heterocycles. The Morgan fingerprint density at radius 2 is 1.77 bits per heavy atom. The van der Waals surface area contributed by atoms with Crippen LogP contribution in [0, 0.1) is 11.3 Å². The van der Waals surface area contributed by atoms with Gasteiger partial charge in [-0.3, -0.25) is 4.79 Å². The molecule has 5 rings (SSSR count). The van der Waals surface area contributed by atoms with E-state index in [1.165, 1.54) is 0 Å². The van der Waals surface area contributed by atoms with Crippen molar-refractivity contribution in [1.29, 1.82) is 0 Å². The lowest BCUT2D eigenvalue weighted by Gasteiger charge is -2.36. The number of para-hydroxylation sites is 1. The molecule has 0 N–H and O–H groups in total. The van der Waals surface area contributed by atoms with Crippen LogP contribution >= 0.6 is 0 Å². The van der Waals surface area contributed by atoms with Crippen molar-refractivity contribution in [2.45, 2.75) is 91.2 Å². The fourth-order valence-electron chi connectivity index (χ4n) is 6.99. The SMILES string of the molecule is CCOC(=O)[C@@H]1[C@@H](C(C)(C)C)[C@H](OCc2cc3ccccc3nc2OC)[C@H](c2ccccc2CC)N1C(=O)[C@@H]1CCCCO1. The Kier molecular flexibility index (Phi) is 9.90. The van der Waals surface area contributed by atoms with Gasteiger partial charge < -0.3 is 23.8 Å². The number of hydrogen-bond acceptors (Lipinski definition) is 7. The number of carbonyl (C=O) groups excluding carboxylic acids is 2. The van der Waals surface area contributed by atoms with E-state index >= 15 is 0 Å². The lowest BCUT2D eigenvalue weighted by atomic mass is 9.73. The first-order chi connectivity index (χ1) is 21.2. The maximum Gasteiger partial charge on any atom is 0.329 e. The van der Waals surface area contributed by atoms with Crippen LogP contribution in [0.3, 0.4) is 0 Å². The molecule has 8 heteroatoms. The summed E-state index contributed by atoms with van der Waals surface area (Å²) in [6.45, 7) is 11.2. The molecule has 2 aliphatic rings. The smallest absolute Gasteiger partial charge is 0.329 e. The number of likely N-dealkylation sites (tertiary alicyclic amines) is 1. The number of aryl methyl sites for hydroxylation is 1. The number of methoxy groups -OCH3 is 1. The topological polar surface area (TPSA) is 87.2 Å². The molecule has 1 aromatic heterocycles. The third kappa shape index (κ3) is 6.33. The van der Waals surface area contributed by atoms with Crippen molar-refractivity contribution in [3.05, 3.63) is 71.3 Å². The number of carbonyl (C=O) groups is 2. The number of benzene rings is 2. The summed E-state index contributed by atoms with van der Waals surface area (Å²) in [5.74, 6) is -0.469. The number of nitrogens with zero attached hydrogens (tertiary/aromatic N) is 2. The molecule has 8 nitrogen and oxygen atoms in total. The zero-order valence-electron chi connectivity index (χ0n) is 26.9. The highest BCUT2D eigenvalue weighted by Gasteiger charge is 2.60. The predicted molar refractivity (Wildman–Crippen MR) is 169 cm³/mol. The Hall–Kier alpha value is -3.49. The number of amides is 1. The number of fused-ring (bicyclic) bond motifs is 1. The summed E-state index contributed by atoms with van der Waals surface area (Å²) in [6, 6.07) is 16.7. The fraction of sp³-hybridized carbons (Fsp3) is 0.528. The van der Waals surface area contributed by atoms with Crippen molar-refractivity contribution < 1.29 is 28.5 Å². The highest BCUT2D eigenvalue weighted by molar-refractivity contribution is 5.89. The maximum atomic E-state index is 14.5. The number of aromatic nitrogens is 1. The van der Waals surface area contributed by atoms with E-state index in [4.69, 9.17) is 23.9 Å². The van der Waals surface area contributed by atoms with Crippen LogP contribution in [-0.4, -0.2) is 60.3 Å². The van der Waals surface area contributed by atoms with Gasteiger partial charge in [0.1, 0.15) is 12.1 Å². The van der Waals surface area contributed by atoms with Gasteiger partial charge in [0.25, 0.3) is 5.91 Å². The summed E-state index contributed by atoms with van der Waals surface area (Å²) in [4.78, 5) is 35.0. The van der Waals surface area contributed by atoms with Crippen LogP contribution in [0.1, 0.15) is 76.6 Å². The average molecular weight is 603 g/mol. The van der Waals surface area contributed by atoms with Crippen LogP contribution in [0.5, 0.6) is 5.88 Å². The molecule has 3 aromatic rings. The molecule has 0 saturated carbocycles. The first-order valence-corrected chi connectivity index (χ1v) is 15.9. The number of hydrogen-bond donors (Lipinski definition) is 0. The van der Waals surface area contributed by atoms with Gasteiger partial charge in [-0.15, -0.1) is 0 Å². The van der Waals surface area contributed by atoms with Gasteiger partial charge in [-0.25, -0.2) is 9.78 Å². The second kappa shape index (κ2) is 13.7. The molecular formula is C36H46N2O6. The molecule has 0 spiro atoms. The molecule has 44 heavy (non-hydrogen) atoms. The van der Waals surface area contributed by atoms with E-state index in [9.17, 15) is 9.59 Å². The predicted octanol–water partition coefficient (Wildman–Crippen LogP) is 6.44. The largest absolute Gasteiger partial charge is 0.481 e.